The van der Waals surface area contributed by atoms with Crippen LogP contribution >= 0.6 is 12.2 Å². The molecule has 17 heavy (non-hydrogen) atoms. The number of benzene rings is 1. The lowest BCUT2D eigenvalue weighted by molar-refractivity contribution is 0.632. The molecule has 0 fully saturated rings. The first kappa shape index (κ1) is 11.5. The predicted octanol–water partition coefficient (Wildman–Crippen LogP) is 2.37. The smallest absolute Gasteiger partial charge is 0.176 e. The van der Waals surface area contributed by atoms with Crippen molar-refractivity contribution >= 4 is 28.8 Å². The molecule has 0 radical (unpaired) electrons. The van der Waals surface area contributed by atoms with Gasteiger partial charge in [0.25, 0.3) is 0 Å². The zero-order valence-electron chi connectivity index (χ0n) is 9.14. The monoisotopic (exact) mass is 250 g/mol. The number of halogens is 1. The molecule has 0 aliphatic rings. The predicted molar refractivity (Wildman–Crippen MR) is 69.5 cm³/mol. The van der Waals surface area contributed by atoms with Gasteiger partial charge < -0.3 is 10.6 Å². The van der Waals surface area contributed by atoms with Crippen molar-refractivity contribution in [3.05, 3.63) is 42.3 Å². The number of nitrogens with one attached hydrogen (secondary N) is 2. The summed E-state index contributed by atoms with van der Waals surface area (Å²) in [6, 6.07) is 8.10. The van der Waals surface area contributed by atoms with Crippen molar-refractivity contribution in [3.8, 4) is 0 Å². The van der Waals surface area contributed by atoms with Crippen LogP contribution in [-0.2, 0) is 7.05 Å². The highest BCUT2D eigenvalue weighted by Gasteiger charge is 2.04. The van der Waals surface area contributed by atoms with E-state index in [0.29, 0.717) is 16.6 Å². The van der Waals surface area contributed by atoms with Gasteiger partial charge in [0.2, 0.25) is 0 Å². The van der Waals surface area contributed by atoms with E-state index in [2.05, 4.69) is 15.7 Å². The fourth-order valence-corrected chi connectivity index (χ4v) is 1.53. The number of aryl methyl sites for hydroxylation is 1. The molecule has 88 valence electrons. The van der Waals surface area contributed by atoms with E-state index >= 15 is 0 Å². The van der Waals surface area contributed by atoms with Gasteiger partial charge in [-0.05, 0) is 24.4 Å². The number of aromatic nitrogens is 2. The number of nitrogens with zero attached hydrogens (tertiary/aromatic N) is 2. The Morgan fingerprint density at radius 1 is 1.29 bits per heavy atom. The first-order valence-electron chi connectivity index (χ1n) is 4.97. The summed E-state index contributed by atoms with van der Waals surface area (Å²) in [5.41, 5.74) is 0.334. The number of thiocarbonyl (C=S) groups is 1. The van der Waals surface area contributed by atoms with Crippen molar-refractivity contribution in [1.29, 1.82) is 0 Å². The first-order chi connectivity index (χ1) is 8.15. The van der Waals surface area contributed by atoms with Gasteiger partial charge in [-0.15, -0.1) is 0 Å². The van der Waals surface area contributed by atoms with Crippen LogP contribution in [0.4, 0.5) is 15.9 Å². The van der Waals surface area contributed by atoms with E-state index in [9.17, 15) is 4.39 Å². The summed E-state index contributed by atoms with van der Waals surface area (Å²) < 4.78 is 15.0. The topological polar surface area (TPSA) is 41.9 Å². The summed E-state index contributed by atoms with van der Waals surface area (Å²) in [5, 5.41) is 10.0. The molecule has 2 N–H and O–H groups in total. The molecule has 0 atom stereocenters. The van der Waals surface area contributed by atoms with Gasteiger partial charge >= 0.3 is 0 Å². The molecule has 0 saturated heterocycles. The molecule has 0 spiro atoms. The second-order valence-electron chi connectivity index (χ2n) is 3.43. The Hall–Kier alpha value is -1.95. The lowest BCUT2D eigenvalue weighted by Gasteiger charge is -2.08. The molecular formula is C11H11FN4S. The van der Waals surface area contributed by atoms with E-state index in [0.717, 1.165) is 0 Å². The van der Waals surface area contributed by atoms with Gasteiger partial charge in [-0.3, -0.25) is 4.68 Å². The Morgan fingerprint density at radius 2 is 2.06 bits per heavy atom. The van der Waals surface area contributed by atoms with E-state index in [4.69, 9.17) is 12.2 Å². The standard InChI is InChI=1S/C11H11FN4S/c1-16-7-6-10(15-16)14-11(17)13-9-5-3-2-4-8(9)12/h2-7H,1H3,(H2,13,14,15,17). The molecule has 1 aromatic heterocycles. The molecule has 0 bridgehead atoms. The van der Waals surface area contributed by atoms with Crippen LogP contribution < -0.4 is 10.6 Å². The third-order valence-electron chi connectivity index (χ3n) is 2.08. The van der Waals surface area contributed by atoms with Gasteiger partial charge in [-0.1, -0.05) is 12.1 Å². The molecule has 2 rings (SSSR count). The number of anilines is 2. The Kier molecular flexibility index (Phi) is 3.34. The second kappa shape index (κ2) is 4.92. The number of para-hydroxylation sites is 1. The maximum atomic E-state index is 13.3. The molecule has 1 aromatic carbocycles. The van der Waals surface area contributed by atoms with E-state index < -0.39 is 0 Å². The first-order valence-corrected chi connectivity index (χ1v) is 5.38. The van der Waals surface area contributed by atoms with Crippen LogP contribution in [0.1, 0.15) is 0 Å². The summed E-state index contributed by atoms with van der Waals surface area (Å²) in [5.74, 6) is 0.263. The van der Waals surface area contributed by atoms with Crippen LogP contribution in [0.3, 0.4) is 0 Å². The highest BCUT2D eigenvalue weighted by molar-refractivity contribution is 7.80. The van der Waals surface area contributed by atoms with Gasteiger partial charge in [0.15, 0.2) is 10.9 Å². The van der Waals surface area contributed by atoms with Crippen molar-refractivity contribution in [2.24, 2.45) is 7.05 Å². The third-order valence-corrected chi connectivity index (χ3v) is 2.28. The third kappa shape index (κ3) is 3.01. The molecule has 0 aliphatic heterocycles. The molecular weight excluding hydrogens is 239 g/mol. The van der Waals surface area contributed by atoms with Gasteiger partial charge in [0.1, 0.15) is 5.82 Å². The van der Waals surface area contributed by atoms with Gasteiger partial charge in [-0.2, -0.15) is 5.10 Å². The zero-order chi connectivity index (χ0) is 12.3. The number of hydrogen-bond donors (Lipinski definition) is 2. The average molecular weight is 250 g/mol. The molecule has 0 saturated carbocycles. The van der Waals surface area contributed by atoms with Crippen molar-refractivity contribution in [3.63, 3.8) is 0 Å². The Balaban J connectivity index is 2.01. The van der Waals surface area contributed by atoms with E-state index in [1.54, 1.807) is 42.2 Å². The molecule has 1 heterocycles. The summed E-state index contributed by atoms with van der Waals surface area (Å²) in [7, 11) is 1.80. The van der Waals surface area contributed by atoms with Crippen molar-refractivity contribution in [1.82, 2.24) is 9.78 Å². The Labute approximate surface area is 103 Å². The van der Waals surface area contributed by atoms with Gasteiger partial charge in [-0.25, -0.2) is 4.39 Å². The van der Waals surface area contributed by atoms with E-state index in [1.807, 2.05) is 0 Å². The number of hydrogen-bond acceptors (Lipinski definition) is 2. The lowest BCUT2D eigenvalue weighted by Crippen LogP contribution is -2.20. The molecule has 0 unspecified atom stereocenters. The van der Waals surface area contributed by atoms with Crippen LogP contribution in [0.5, 0.6) is 0 Å². The maximum Gasteiger partial charge on any atom is 0.176 e. The van der Waals surface area contributed by atoms with Crippen molar-refractivity contribution in [2.45, 2.75) is 0 Å². The van der Waals surface area contributed by atoms with Crippen molar-refractivity contribution in [2.75, 3.05) is 10.6 Å². The Bertz CT molecular complexity index is 538. The van der Waals surface area contributed by atoms with Crippen LogP contribution in [-0.4, -0.2) is 14.9 Å². The second-order valence-corrected chi connectivity index (χ2v) is 3.84. The van der Waals surface area contributed by atoms with Crippen LogP contribution in [0, 0.1) is 5.82 Å². The van der Waals surface area contributed by atoms with Crippen LogP contribution in [0.2, 0.25) is 0 Å². The fourth-order valence-electron chi connectivity index (χ4n) is 1.31. The van der Waals surface area contributed by atoms with Crippen LogP contribution in [0.25, 0.3) is 0 Å². The zero-order valence-corrected chi connectivity index (χ0v) is 9.96. The van der Waals surface area contributed by atoms with Gasteiger partial charge in [0.05, 0.1) is 5.69 Å². The van der Waals surface area contributed by atoms with Crippen LogP contribution in [0.15, 0.2) is 36.5 Å². The molecule has 4 nitrogen and oxygen atoms in total. The van der Waals surface area contributed by atoms with Crippen molar-refractivity contribution < 1.29 is 4.39 Å². The lowest BCUT2D eigenvalue weighted by atomic mass is 10.3. The van der Waals surface area contributed by atoms with Gasteiger partial charge in [0, 0.05) is 19.3 Å². The highest BCUT2D eigenvalue weighted by Crippen LogP contribution is 2.12. The Morgan fingerprint density at radius 3 is 2.71 bits per heavy atom. The molecule has 6 heteroatoms. The minimum Gasteiger partial charge on any atom is -0.330 e. The number of rotatable bonds is 2. The fraction of sp³-hybridized carbons (Fsp3) is 0.0909. The normalized spacial score (nSPS) is 10.0. The molecule has 2 aromatic rings. The summed E-state index contributed by atoms with van der Waals surface area (Å²) >= 11 is 5.05. The largest absolute Gasteiger partial charge is 0.330 e. The highest BCUT2D eigenvalue weighted by atomic mass is 32.1. The SMILES string of the molecule is Cn1ccc(NC(=S)Nc2ccccc2F)n1. The van der Waals surface area contributed by atoms with E-state index in [-0.39, 0.29) is 5.82 Å². The molecule has 0 aliphatic carbocycles. The summed E-state index contributed by atoms with van der Waals surface area (Å²) in [4.78, 5) is 0. The maximum absolute atomic E-state index is 13.3. The summed E-state index contributed by atoms with van der Waals surface area (Å²) in [6.45, 7) is 0. The average Bonchev–Trinajstić information content (AvgIpc) is 2.67. The summed E-state index contributed by atoms with van der Waals surface area (Å²) in [6.07, 6.45) is 1.79. The minimum absolute atomic E-state index is 0.300. The quantitative estimate of drug-likeness (QED) is 0.803. The van der Waals surface area contributed by atoms with E-state index in [1.165, 1.54) is 6.07 Å². The molecule has 0 amide bonds. The minimum atomic E-state index is -0.349.